The van der Waals surface area contributed by atoms with E-state index in [1.807, 2.05) is 26.0 Å². The first-order chi connectivity index (χ1) is 17.3. The molecule has 168 valence electrons. The van der Waals surface area contributed by atoms with Gasteiger partial charge in [-0.2, -0.15) is 0 Å². The lowest BCUT2D eigenvalue weighted by molar-refractivity contribution is -0.166. The monoisotopic (exact) mass is 426 g/mol. The summed E-state index contributed by atoms with van der Waals surface area (Å²) >= 11 is 0. The third-order valence-electron chi connectivity index (χ3n) is 6.57. The largest absolute Gasteiger partial charge is 0.462 e. The first-order valence-corrected chi connectivity index (χ1v) is 10.8. The van der Waals surface area contributed by atoms with Crippen molar-refractivity contribution < 1.29 is 35.1 Å². The quantitative estimate of drug-likeness (QED) is 0.629. The Hall–Kier alpha value is -1.62. The van der Waals surface area contributed by atoms with E-state index in [0.717, 1.165) is 12.5 Å². The molecular formula is C25H38O5. The van der Waals surface area contributed by atoms with E-state index in [1.54, 1.807) is 0 Å². The standard InChI is InChI=1S/C25H38O5/c1-6-25(4,5)24(28)30-21-12-15(2)11-17-8-7-16(3)20(23(17)21)10-9-19-13-18(26)14-22(27)29-19/h7-8,11,15-16,18-21,23,26H,6,9-10,12-14H2,1-5H3/t15-,16-,18+,19?,20-,21-,23-/m0/s1/i1D3,4D3,6D2/t15-,16-,18+,19?,20-,21-,23-,25?. The van der Waals surface area contributed by atoms with Crippen molar-refractivity contribution in [3.63, 3.8) is 0 Å². The summed E-state index contributed by atoms with van der Waals surface area (Å²) in [4.78, 5) is 25.3. The van der Waals surface area contributed by atoms with Crippen LogP contribution in [-0.2, 0) is 19.1 Å². The molecular weight excluding hydrogens is 380 g/mol. The van der Waals surface area contributed by atoms with Crippen LogP contribution in [0.5, 0.6) is 0 Å². The molecule has 5 heteroatoms. The van der Waals surface area contributed by atoms with Crippen molar-refractivity contribution in [1.29, 1.82) is 0 Å². The smallest absolute Gasteiger partial charge is 0.311 e. The topological polar surface area (TPSA) is 72.8 Å². The van der Waals surface area contributed by atoms with Gasteiger partial charge >= 0.3 is 11.9 Å². The normalized spacial score (nSPS) is 43.4. The van der Waals surface area contributed by atoms with Crippen LogP contribution < -0.4 is 0 Å². The average Bonchev–Trinajstić information content (AvgIpc) is 2.75. The zero-order chi connectivity index (χ0) is 28.8. The maximum atomic E-state index is 13.5. The SMILES string of the molecule is [2H]C([2H])([2H])C([2H])([2H])C(C)(C(=O)O[C@H]1C[C@@H](C)C=C2C=C[C@H](C)[C@H](CCC3C[C@@H](O)CC(=O)O3)[C@H]21)C([2H])([2H])[2H]. The molecule has 0 radical (unpaired) electrons. The Morgan fingerprint density at radius 2 is 2.20 bits per heavy atom. The summed E-state index contributed by atoms with van der Waals surface area (Å²) in [5.74, 6) is -2.24. The molecule has 2 unspecified atom stereocenters. The van der Waals surface area contributed by atoms with Gasteiger partial charge in [0.25, 0.3) is 0 Å². The fourth-order valence-corrected chi connectivity index (χ4v) is 4.94. The van der Waals surface area contributed by atoms with Crippen molar-refractivity contribution in [2.75, 3.05) is 0 Å². The number of hydrogen-bond acceptors (Lipinski definition) is 5. The third-order valence-corrected chi connectivity index (χ3v) is 6.57. The molecule has 0 aromatic carbocycles. The summed E-state index contributed by atoms with van der Waals surface area (Å²) < 4.78 is 74.3. The summed E-state index contributed by atoms with van der Waals surface area (Å²) in [6, 6.07) is 0. The van der Waals surface area contributed by atoms with Crippen LogP contribution in [0.15, 0.2) is 23.8 Å². The van der Waals surface area contributed by atoms with Crippen LogP contribution >= 0.6 is 0 Å². The molecule has 1 N–H and O–H groups in total. The molecule has 1 heterocycles. The minimum absolute atomic E-state index is 0.0226. The van der Waals surface area contributed by atoms with Gasteiger partial charge in [0, 0.05) is 23.3 Å². The molecule has 0 bridgehead atoms. The number of hydrogen-bond donors (Lipinski definition) is 1. The molecule has 0 aromatic heterocycles. The number of cyclic esters (lactones) is 1. The molecule has 1 aliphatic heterocycles. The van der Waals surface area contributed by atoms with Gasteiger partial charge in [-0.3, -0.25) is 9.59 Å². The van der Waals surface area contributed by atoms with Crippen molar-refractivity contribution in [1.82, 2.24) is 0 Å². The van der Waals surface area contributed by atoms with Gasteiger partial charge < -0.3 is 14.6 Å². The molecule has 5 nitrogen and oxygen atoms in total. The summed E-state index contributed by atoms with van der Waals surface area (Å²) in [6.07, 6.45) is 2.43. The summed E-state index contributed by atoms with van der Waals surface area (Å²) in [5.41, 5.74) is -2.02. The van der Waals surface area contributed by atoms with Crippen molar-refractivity contribution in [2.24, 2.45) is 29.1 Å². The number of aliphatic hydroxyl groups excluding tert-OH is 1. The van der Waals surface area contributed by atoms with E-state index in [9.17, 15) is 14.7 Å². The molecule has 0 amide bonds. The van der Waals surface area contributed by atoms with Crippen LogP contribution in [0.25, 0.3) is 0 Å². The number of fused-ring (bicyclic) bond motifs is 1. The Kier molecular flexibility index (Phi) is 4.45. The first-order valence-electron chi connectivity index (χ1n) is 14.8. The Balaban J connectivity index is 1.90. The van der Waals surface area contributed by atoms with E-state index in [-0.39, 0.29) is 30.1 Å². The molecule has 8 atom stereocenters. The van der Waals surface area contributed by atoms with Gasteiger partial charge in [0.1, 0.15) is 12.2 Å². The molecule has 0 saturated carbocycles. The van der Waals surface area contributed by atoms with Gasteiger partial charge in [-0.05, 0) is 62.7 Å². The maximum absolute atomic E-state index is 13.5. The predicted molar refractivity (Wildman–Crippen MR) is 115 cm³/mol. The maximum Gasteiger partial charge on any atom is 0.311 e. The van der Waals surface area contributed by atoms with Gasteiger partial charge in [0.2, 0.25) is 0 Å². The van der Waals surface area contributed by atoms with Crippen molar-refractivity contribution in [3.05, 3.63) is 23.8 Å². The van der Waals surface area contributed by atoms with E-state index < -0.39 is 55.7 Å². The van der Waals surface area contributed by atoms with Crippen LogP contribution in [0.1, 0.15) is 83.9 Å². The highest BCUT2D eigenvalue weighted by molar-refractivity contribution is 5.76. The minimum Gasteiger partial charge on any atom is -0.462 e. The molecule has 2 aliphatic carbocycles. The van der Waals surface area contributed by atoms with Crippen LogP contribution in [0.3, 0.4) is 0 Å². The Bertz CT molecular complexity index is 972. The van der Waals surface area contributed by atoms with Gasteiger partial charge in [-0.15, -0.1) is 0 Å². The molecule has 3 aliphatic rings. The lowest BCUT2D eigenvalue weighted by Gasteiger charge is -2.44. The minimum atomic E-state index is -3.38. The lowest BCUT2D eigenvalue weighted by atomic mass is 9.65. The molecule has 0 aromatic rings. The van der Waals surface area contributed by atoms with Crippen LogP contribution in [0, 0.1) is 29.1 Å². The highest BCUT2D eigenvalue weighted by Crippen LogP contribution is 2.45. The Labute approximate surface area is 192 Å². The highest BCUT2D eigenvalue weighted by Gasteiger charge is 2.43. The van der Waals surface area contributed by atoms with Gasteiger partial charge in [-0.1, -0.05) is 38.9 Å². The number of carbonyl (C=O) groups is 2. The number of allylic oxidation sites excluding steroid dienone is 3. The fraction of sp³-hybridized carbons (Fsp3) is 0.760. The molecule has 1 fully saturated rings. The molecule has 0 spiro atoms. The van der Waals surface area contributed by atoms with Crippen molar-refractivity contribution >= 4 is 11.9 Å². The zero-order valence-corrected chi connectivity index (χ0v) is 17.9. The molecule has 30 heavy (non-hydrogen) atoms. The van der Waals surface area contributed by atoms with E-state index in [1.165, 1.54) is 0 Å². The van der Waals surface area contributed by atoms with Gasteiger partial charge in [0.15, 0.2) is 0 Å². The number of aliphatic hydroxyl groups is 1. The van der Waals surface area contributed by atoms with E-state index in [0.29, 0.717) is 25.7 Å². The second-order valence-corrected chi connectivity index (χ2v) is 9.26. The first kappa shape index (κ1) is 14.4. The fourth-order valence-electron chi connectivity index (χ4n) is 4.94. The number of carbonyl (C=O) groups excluding carboxylic acids is 2. The number of rotatable bonds is 6. The van der Waals surface area contributed by atoms with Crippen molar-refractivity contribution in [3.8, 4) is 0 Å². The third kappa shape index (κ3) is 5.16. The lowest BCUT2D eigenvalue weighted by Crippen LogP contribution is -2.43. The second-order valence-electron chi connectivity index (χ2n) is 9.26. The number of esters is 2. The van der Waals surface area contributed by atoms with Crippen LogP contribution in [0.4, 0.5) is 0 Å². The van der Waals surface area contributed by atoms with Gasteiger partial charge in [-0.25, -0.2) is 0 Å². The molecule has 3 rings (SSSR count). The zero-order valence-electron chi connectivity index (χ0n) is 25.9. The Morgan fingerprint density at radius 1 is 1.40 bits per heavy atom. The Morgan fingerprint density at radius 3 is 2.90 bits per heavy atom. The van der Waals surface area contributed by atoms with Crippen LogP contribution in [-0.4, -0.2) is 35.4 Å². The number of ether oxygens (including phenoxy) is 2. The van der Waals surface area contributed by atoms with E-state index in [2.05, 4.69) is 6.08 Å². The second kappa shape index (κ2) is 9.25. The van der Waals surface area contributed by atoms with E-state index in [4.69, 9.17) is 20.4 Å². The summed E-state index contributed by atoms with van der Waals surface area (Å²) in [7, 11) is 0. The van der Waals surface area contributed by atoms with E-state index >= 15 is 0 Å². The highest BCUT2D eigenvalue weighted by atomic mass is 16.6. The summed E-state index contributed by atoms with van der Waals surface area (Å²) in [6.45, 7) is -1.92. The van der Waals surface area contributed by atoms with Gasteiger partial charge in [0.05, 0.1) is 17.9 Å². The van der Waals surface area contributed by atoms with Crippen LogP contribution in [0.2, 0.25) is 0 Å². The summed E-state index contributed by atoms with van der Waals surface area (Å²) in [5, 5.41) is 9.97. The predicted octanol–water partition coefficient (Wildman–Crippen LogP) is 4.59. The average molecular weight is 427 g/mol. The van der Waals surface area contributed by atoms with Crippen molar-refractivity contribution in [2.45, 2.75) is 91.3 Å². The molecule has 1 saturated heterocycles.